The molecule has 0 amide bonds. The Hall–Kier alpha value is -2.80. The van der Waals surface area contributed by atoms with Gasteiger partial charge in [0.1, 0.15) is 0 Å². The maximum atomic E-state index is 10.9. The van der Waals surface area contributed by atoms with Crippen LogP contribution in [0.15, 0.2) is 53.7 Å². The molecule has 6 nitrogen and oxygen atoms in total. The number of aromatic carboxylic acids is 1. The third-order valence-electron chi connectivity index (χ3n) is 3.57. The molecule has 0 bridgehead atoms. The van der Waals surface area contributed by atoms with Gasteiger partial charge in [-0.1, -0.05) is 23.9 Å². The van der Waals surface area contributed by atoms with Crippen LogP contribution in [0.25, 0.3) is 11.4 Å². The summed E-state index contributed by atoms with van der Waals surface area (Å²) in [6.07, 6.45) is 0. The predicted molar refractivity (Wildman–Crippen MR) is 93.8 cm³/mol. The quantitative estimate of drug-likeness (QED) is 0.547. The van der Waals surface area contributed by atoms with Crippen molar-refractivity contribution in [2.24, 2.45) is 7.05 Å². The highest BCUT2D eigenvalue weighted by atomic mass is 32.2. The maximum absolute atomic E-state index is 10.9. The summed E-state index contributed by atoms with van der Waals surface area (Å²) >= 11 is 1.55. The summed E-state index contributed by atoms with van der Waals surface area (Å²) in [4.78, 5) is 10.9. The number of anilines is 1. The Labute approximate surface area is 143 Å². The number of hydrogen-bond donors (Lipinski definition) is 2. The molecule has 0 spiro atoms. The summed E-state index contributed by atoms with van der Waals surface area (Å²) in [6.45, 7) is 0. The molecule has 0 radical (unpaired) electrons. The van der Waals surface area contributed by atoms with Gasteiger partial charge in [0.15, 0.2) is 11.0 Å². The Bertz CT molecular complexity index is 857. The molecule has 3 aromatic rings. The predicted octanol–water partition coefficient (Wildman–Crippen LogP) is 3.05. The molecule has 0 atom stereocenters. The van der Waals surface area contributed by atoms with Crippen molar-refractivity contribution in [2.45, 2.75) is 10.9 Å². The monoisotopic (exact) mass is 340 g/mol. The van der Waals surface area contributed by atoms with Crippen molar-refractivity contribution in [1.82, 2.24) is 14.8 Å². The van der Waals surface area contributed by atoms with E-state index in [1.54, 1.807) is 23.9 Å². The fraction of sp³-hybridized carbons (Fsp3) is 0.118. The molecular weight excluding hydrogens is 324 g/mol. The van der Waals surface area contributed by atoms with Gasteiger partial charge >= 0.3 is 5.97 Å². The van der Waals surface area contributed by atoms with Gasteiger partial charge in [0.2, 0.25) is 0 Å². The molecule has 1 aromatic heterocycles. The van der Waals surface area contributed by atoms with Crippen molar-refractivity contribution in [3.05, 3.63) is 59.7 Å². The normalized spacial score (nSPS) is 10.7. The second-order valence-corrected chi connectivity index (χ2v) is 6.22. The van der Waals surface area contributed by atoms with Crippen molar-refractivity contribution in [3.8, 4) is 11.4 Å². The number of carboxylic acids is 1. The molecule has 122 valence electrons. The van der Waals surface area contributed by atoms with Crippen LogP contribution >= 0.6 is 11.8 Å². The van der Waals surface area contributed by atoms with Crippen LogP contribution in [0.4, 0.5) is 5.69 Å². The van der Waals surface area contributed by atoms with Crippen molar-refractivity contribution in [1.29, 1.82) is 0 Å². The second kappa shape index (κ2) is 6.76. The van der Waals surface area contributed by atoms with Crippen LogP contribution in [0.2, 0.25) is 0 Å². The van der Waals surface area contributed by atoms with Gasteiger partial charge < -0.3 is 15.4 Å². The lowest BCUT2D eigenvalue weighted by molar-refractivity contribution is 0.0697. The number of aromatic nitrogens is 3. The van der Waals surface area contributed by atoms with Crippen molar-refractivity contribution >= 4 is 23.4 Å². The van der Waals surface area contributed by atoms with E-state index in [1.165, 1.54) is 0 Å². The first-order valence-electron chi connectivity index (χ1n) is 7.25. The summed E-state index contributed by atoms with van der Waals surface area (Å²) < 4.78 is 1.93. The first-order chi connectivity index (χ1) is 11.5. The molecule has 0 unspecified atom stereocenters. The molecule has 3 rings (SSSR count). The van der Waals surface area contributed by atoms with E-state index >= 15 is 0 Å². The summed E-state index contributed by atoms with van der Waals surface area (Å²) in [5.41, 5.74) is 8.68. The van der Waals surface area contributed by atoms with Crippen LogP contribution in [0.5, 0.6) is 0 Å². The molecule has 2 aromatic carbocycles. The summed E-state index contributed by atoms with van der Waals surface area (Å²) in [5, 5.41) is 18.2. The van der Waals surface area contributed by atoms with Crippen LogP contribution in [0.3, 0.4) is 0 Å². The van der Waals surface area contributed by atoms with E-state index in [9.17, 15) is 4.79 Å². The third kappa shape index (κ3) is 3.41. The van der Waals surface area contributed by atoms with E-state index in [0.717, 1.165) is 22.1 Å². The van der Waals surface area contributed by atoms with Crippen LogP contribution in [0.1, 0.15) is 15.9 Å². The zero-order valence-electron chi connectivity index (χ0n) is 13.0. The number of thioether (sulfide) groups is 1. The van der Waals surface area contributed by atoms with E-state index in [0.29, 0.717) is 11.4 Å². The van der Waals surface area contributed by atoms with Gasteiger partial charge in [0.05, 0.1) is 5.56 Å². The molecular formula is C17H16N4O2S. The van der Waals surface area contributed by atoms with Gasteiger partial charge in [-0.2, -0.15) is 0 Å². The average molecular weight is 340 g/mol. The first-order valence-corrected chi connectivity index (χ1v) is 8.23. The largest absolute Gasteiger partial charge is 0.478 e. The van der Waals surface area contributed by atoms with Crippen LogP contribution in [0, 0.1) is 0 Å². The van der Waals surface area contributed by atoms with Crippen LogP contribution < -0.4 is 5.73 Å². The number of rotatable bonds is 5. The summed E-state index contributed by atoms with van der Waals surface area (Å²) in [6, 6.07) is 14.3. The molecule has 3 N–H and O–H groups in total. The standard InChI is InChI=1S/C17H16N4O2S/c1-21-15(12-6-8-14(18)9-7-12)19-20-17(21)24-10-11-2-4-13(5-3-11)16(22)23/h2-9H,10,18H2,1H3,(H,22,23). The van der Waals surface area contributed by atoms with E-state index in [-0.39, 0.29) is 5.56 Å². The van der Waals surface area contributed by atoms with Gasteiger partial charge in [0, 0.05) is 24.1 Å². The number of benzene rings is 2. The van der Waals surface area contributed by atoms with Gasteiger partial charge in [-0.3, -0.25) is 0 Å². The minimum Gasteiger partial charge on any atom is -0.478 e. The third-order valence-corrected chi connectivity index (χ3v) is 4.66. The molecule has 0 fully saturated rings. The first kappa shape index (κ1) is 16.1. The molecule has 0 aliphatic rings. The lowest BCUT2D eigenvalue weighted by atomic mass is 10.1. The molecule has 7 heteroatoms. The van der Waals surface area contributed by atoms with Gasteiger partial charge in [0.25, 0.3) is 0 Å². The lowest BCUT2D eigenvalue weighted by Crippen LogP contribution is -1.97. The minimum atomic E-state index is -0.921. The summed E-state index contributed by atoms with van der Waals surface area (Å²) in [5.74, 6) is 0.544. The highest BCUT2D eigenvalue weighted by Crippen LogP contribution is 2.25. The van der Waals surface area contributed by atoms with Crippen molar-refractivity contribution < 1.29 is 9.90 Å². The molecule has 0 saturated carbocycles. The number of hydrogen-bond acceptors (Lipinski definition) is 5. The highest BCUT2D eigenvalue weighted by molar-refractivity contribution is 7.98. The second-order valence-electron chi connectivity index (χ2n) is 5.28. The van der Waals surface area contributed by atoms with Gasteiger partial charge in [-0.15, -0.1) is 10.2 Å². The SMILES string of the molecule is Cn1c(SCc2ccc(C(=O)O)cc2)nnc1-c1ccc(N)cc1. The Morgan fingerprint density at radius 2 is 1.79 bits per heavy atom. The Morgan fingerprint density at radius 3 is 2.42 bits per heavy atom. The number of nitrogen functional groups attached to an aromatic ring is 1. The fourth-order valence-electron chi connectivity index (χ4n) is 2.22. The molecule has 0 aliphatic heterocycles. The van der Waals surface area contributed by atoms with E-state index in [4.69, 9.17) is 10.8 Å². The summed E-state index contributed by atoms with van der Waals surface area (Å²) in [7, 11) is 1.92. The Balaban J connectivity index is 1.72. The average Bonchev–Trinajstić information content (AvgIpc) is 2.95. The Morgan fingerprint density at radius 1 is 1.12 bits per heavy atom. The van der Waals surface area contributed by atoms with Gasteiger partial charge in [-0.25, -0.2) is 4.79 Å². The maximum Gasteiger partial charge on any atom is 0.335 e. The number of nitrogens with zero attached hydrogens (tertiary/aromatic N) is 3. The molecule has 24 heavy (non-hydrogen) atoms. The van der Waals surface area contributed by atoms with E-state index in [1.807, 2.05) is 48.0 Å². The Kier molecular flexibility index (Phi) is 4.52. The zero-order chi connectivity index (χ0) is 17.1. The highest BCUT2D eigenvalue weighted by Gasteiger charge is 2.11. The van der Waals surface area contributed by atoms with Gasteiger partial charge in [-0.05, 0) is 42.0 Å². The van der Waals surface area contributed by atoms with Crippen LogP contribution in [-0.2, 0) is 12.8 Å². The van der Waals surface area contributed by atoms with E-state index < -0.39 is 5.97 Å². The van der Waals surface area contributed by atoms with Crippen molar-refractivity contribution in [3.63, 3.8) is 0 Å². The van der Waals surface area contributed by atoms with Crippen molar-refractivity contribution in [2.75, 3.05) is 5.73 Å². The number of carbonyl (C=O) groups is 1. The topological polar surface area (TPSA) is 94.0 Å². The fourth-order valence-corrected chi connectivity index (χ4v) is 3.08. The smallest absolute Gasteiger partial charge is 0.335 e. The zero-order valence-corrected chi connectivity index (χ0v) is 13.8. The minimum absolute atomic E-state index is 0.285. The van der Waals surface area contributed by atoms with E-state index in [2.05, 4.69) is 10.2 Å². The lowest BCUT2D eigenvalue weighted by Gasteiger charge is -2.05. The molecule has 1 heterocycles. The molecule has 0 aliphatic carbocycles. The van der Waals surface area contributed by atoms with Crippen LogP contribution in [-0.4, -0.2) is 25.8 Å². The molecule has 0 saturated heterocycles. The number of nitrogens with two attached hydrogens (primary N) is 1. The number of carboxylic acid groups (broad SMARTS) is 1.